The monoisotopic (exact) mass is 941 g/mol. The third-order valence-corrected chi connectivity index (χ3v) is 15.8. The first-order valence-corrected chi connectivity index (χ1v) is 24.4. The summed E-state index contributed by atoms with van der Waals surface area (Å²) in [6.07, 6.45) is 4.24. The van der Waals surface area contributed by atoms with Gasteiger partial charge in [0.15, 0.2) is 15.7 Å². The van der Waals surface area contributed by atoms with Crippen molar-refractivity contribution in [1.82, 2.24) is 25.1 Å². The molecule has 5 aliphatic heterocycles. The summed E-state index contributed by atoms with van der Waals surface area (Å²) in [6.45, 7) is 13.3. The summed E-state index contributed by atoms with van der Waals surface area (Å²) in [5.74, 6) is -1.50. The van der Waals surface area contributed by atoms with E-state index < -0.39 is 50.6 Å². The van der Waals surface area contributed by atoms with E-state index in [4.69, 9.17) is 16.3 Å². The maximum absolute atomic E-state index is 15.8. The topological polar surface area (TPSA) is 186 Å². The number of sulfone groups is 1. The molecule has 9 rings (SSSR count). The predicted molar refractivity (Wildman–Crippen MR) is 248 cm³/mol. The molecule has 4 amide bonds. The minimum absolute atomic E-state index is 0.0106. The van der Waals surface area contributed by atoms with Crippen molar-refractivity contribution in [3.05, 3.63) is 82.3 Å². The van der Waals surface area contributed by atoms with Crippen molar-refractivity contribution >= 4 is 79.6 Å². The van der Waals surface area contributed by atoms with Crippen molar-refractivity contribution in [3.63, 3.8) is 0 Å². The number of likely N-dealkylation sites (tertiary alicyclic amines) is 1. The van der Waals surface area contributed by atoms with Crippen molar-refractivity contribution in [2.24, 2.45) is 5.92 Å². The molecular formula is C47H53ClFN9O7S. The van der Waals surface area contributed by atoms with Crippen LogP contribution in [0.2, 0.25) is 5.02 Å². The lowest BCUT2D eigenvalue weighted by molar-refractivity contribution is -0.136. The van der Waals surface area contributed by atoms with Crippen LogP contribution in [0.25, 0.3) is 0 Å². The smallest absolute Gasteiger partial charge is 0.262 e. The van der Waals surface area contributed by atoms with Crippen molar-refractivity contribution < 1.29 is 36.7 Å². The first-order valence-electron chi connectivity index (χ1n) is 22.5. The van der Waals surface area contributed by atoms with Crippen LogP contribution in [0.15, 0.2) is 59.6 Å². The third kappa shape index (κ3) is 8.54. The summed E-state index contributed by atoms with van der Waals surface area (Å²) in [4.78, 5) is 67.9. The number of imide groups is 2. The molecule has 3 N–H and O–H groups in total. The van der Waals surface area contributed by atoms with E-state index in [0.717, 1.165) is 67.7 Å². The number of nitrogens with zero attached hydrogens (tertiary/aromatic N) is 6. The number of aromatic nitrogens is 2. The lowest BCUT2D eigenvalue weighted by Crippen LogP contribution is -2.54. The highest BCUT2D eigenvalue weighted by Gasteiger charge is 2.48. The van der Waals surface area contributed by atoms with Crippen LogP contribution in [-0.4, -0.2) is 114 Å². The molecule has 3 unspecified atom stereocenters. The fourth-order valence-corrected chi connectivity index (χ4v) is 11.3. The van der Waals surface area contributed by atoms with E-state index in [1.54, 1.807) is 38.1 Å². The highest BCUT2D eigenvalue weighted by atomic mass is 35.5. The first kappa shape index (κ1) is 45.3. The number of amides is 4. The van der Waals surface area contributed by atoms with Gasteiger partial charge in [-0.15, -0.1) is 0 Å². The summed E-state index contributed by atoms with van der Waals surface area (Å²) in [6, 6.07) is 12.5. The van der Waals surface area contributed by atoms with Crippen LogP contribution in [0.4, 0.5) is 38.9 Å². The molecule has 3 aromatic carbocycles. The second-order valence-electron chi connectivity index (χ2n) is 18.4. The Labute approximate surface area is 388 Å². The van der Waals surface area contributed by atoms with Gasteiger partial charge in [0.1, 0.15) is 22.6 Å². The SMILES string of the molecule is Cc1cc(Nc2ncc(Cl)c(Nc3ccccc3S(=O)(=O)C(C)C)n2)c(OC(C)C)cc1N1CCC(CN2CC3CC2CN3c2cc3c(cc2F)C(=O)N(C2CCC(=O)NC2=O)C3=O)CC1. The quantitative estimate of drug-likeness (QED) is 0.122. The van der Waals surface area contributed by atoms with Gasteiger partial charge in [-0.25, -0.2) is 17.8 Å². The Morgan fingerprint density at radius 2 is 1.64 bits per heavy atom. The number of rotatable bonds is 13. The van der Waals surface area contributed by atoms with E-state index in [2.05, 4.69) is 48.7 Å². The van der Waals surface area contributed by atoms with Crippen LogP contribution in [0.1, 0.15) is 86.1 Å². The molecule has 2 bridgehead atoms. The molecule has 348 valence electrons. The first-order chi connectivity index (χ1) is 31.5. The molecule has 3 atom stereocenters. The Morgan fingerprint density at radius 1 is 0.909 bits per heavy atom. The van der Waals surface area contributed by atoms with Crippen LogP contribution in [0, 0.1) is 18.7 Å². The number of carbonyl (C=O) groups is 4. The summed E-state index contributed by atoms with van der Waals surface area (Å²) in [5.41, 5.74) is 3.45. The maximum Gasteiger partial charge on any atom is 0.262 e. The van der Waals surface area contributed by atoms with E-state index >= 15 is 4.39 Å². The van der Waals surface area contributed by atoms with E-state index in [9.17, 15) is 27.6 Å². The van der Waals surface area contributed by atoms with Gasteiger partial charge in [-0.1, -0.05) is 23.7 Å². The Morgan fingerprint density at radius 3 is 2.32 bits per heavy atom. The average Bonchev–Trinajstić information content (AvgIpc) is 3.94. The lowest BCUT2D eigenvalue weighted by atomic mass is 9.94. The summed E-state index contributed by atoms with van der Waals surface area (Å²) in [5, 5.41) is 8.21. The van der Waals surface area contributed by atoms with Gasteiger partial charge in [-0.05, 0) is 102 Å². The highest BCUT2D eigenvalue weighted by molar-refractivity contribution is 7.92. The fourth-order valence-electron chi connectivity index (χ4n) is 9.96. The zero-order chi connectivity index (χ0) is 46.8. The molecular weight excluding hydrogens is 889 g/mol. The molecule has 1 aromatic heterocycles. The van der Waals surface area contributed by atoms with Gasteiger partial charge in [0.05, 0.1) is 50.6 Å². The highest BCUT2D eigenvalue weighted by Crippen LogP contribution is 2.41. The van der Waals surface area contributed by atoms with Crippen molar-refractivity contribution in [2.45, 2.75) is 101 Å². The van der Waals surface area contributed by atoms with E-state index in [0.29, 0.717) is 35.3 Å². The number of para-hydroxylation sites is 1. The number of anilines is 6. The molecule has 0 radical (unpaired) electrons. The van der Waals surface area contributed by atoms with Crippen LogP contribution < -0.4 is 30.5 Å². The number of halogens is 2. The number of carbonyl (C=O) groups excluding carboxylic acids is 4. The molecule has 16 nitrogen and oxygen atoms in total. The zero-order valence-electron chi connectivity index (χ0n) is 37.4. The van der Waals surface area contributed by atoms with Gasteiger partial charge < -0.3 is 25.2 Å². The summed E-state index contributed by atoms with van der Waals surface area (Å²) < 4.78 is 48.3. The number of hydrogen-bond donors (Lipinski definition) is 3. The molecule has 19 heteroatoms. The Hall–Kier alpha value is -5.85. The number of ether oxygens (including phenoxy) is 1. The third-order valence-electron chi connectivity index (χ3n) is 13.3. The average molecular weight is 943 g/mol. The second-order valence-corrected chi connectivity index (χ2v) is 21.3. The van der Waals surface area contributed by atoms with Crippen molar-refractivity contribution in [1.29, 1.82) is 0 Å². The van der Waals surface area contributed by atoms with Gasteiger partial charge in [0, 0.05) is 63.0 Å². The number of nitrogens with one attached hydrogen (secondary N) is 3. The number of aryl methyl sites for hydroxylation is 1. The number of fused-ring (bicyclic) bond motifs is 3. The summed E-state index contributed by atoms with van der Waals surface area (Å²) in [7, 11) is -3.60. The second kappa shape index (κ2) is 17.8. The number of piperazine rings is 1. The van der Waals surface area contributed by atoms with Crippen molar-refractivity contribution in [3.8, 4) is 5.75 Å². The molecule has 0 aliphatic carbocycles. The largest absolute Gasteiger partial charge is 0.489 e. The zero-order valence-corrected chi connectivity index (χ0v) is 39.0. The van der Waals surface area contributed by atoms with Gasteiger partial charge in [-0.3, -0.25) is 34.3 Å². The number of hydrogen-bond acceptors (Lipinski definition) is 14. The number of piperidine rings is 2. The minimum Gasteiger partial charge on any atom is -0.489 e. The van der Waals surface area contributed by atoms with Crippen LogP contribution in [0.3, 0.4) is 0 Å². The molecule has 5 aliphatic rings. The van der Waals surface area contributed by atoms with Gasteiger partial charge in [0.2, 0.25) is 17.8 Å². The van der Waals surface area contributed by atoms with E-state index in [-0.39, 0.29) is 63.8 Å². The van der Waals surface area contributed by atoms with Gasteiger partial charge in [0.25, 0.3) is 11.8 Å². The lowest BCUT2D eigenvalue weighted by Gasteiger charge is -2.40. The van der Waals surface area contributed by atoms with Gasteiger partial charge in [-0.2, -0.15) is 4.98 Å². The Bertz CT molecular complexity index is 2750. The standard InChI is InChI=1S/C47H53ClFN9O7S/c1-25(2)65-40-20-38(27(5)16-36(40)52-47-50-21-33(48)43(54-47)51-35-8-6-7-9-41(35)66(63,64)26(3)4)55-14-12-28(13-15-55)22-56-23-30-17-29(56)24-57(30)39-19-32-31(18-34(39)49)45(61)58(46(32)62)37-10-11-42(59)53-44(37)60/h6-9,16,18-21,25-26,28-30,37H,10-15,17,22-24H2,1-5H3,(H,53,59,60)(H2,50,51,52,54). The van der Waals surface area contributed by atoms with E-state index in [1.165, 1.54) is 12.3 Å². The molecule has 0 saturated carbocycles. The van der Waals surface area contributed by atoms with Crippen LogP contribution in [-0.2, 0) is 19.4 Å². The molecule has 4 fully saturated rings. The Balaban J connectivity index is 0.830. The molecule has 66 heavy (non-hydrogen) atoms. The van der Waals surface area contributed by atoms with E-state index in [1.807, 2.05) is 24.8 Å². The maximum atomic E-state index is 15.8. The molecule has 4 aromatic rings. The van der Waals surface area contributed by atoms with Crippen molar-refractivity contribution in [2.75, 3.05) is 53.2 Å². The fraction of sp³-hybridized carbons (Fsp3) is 0.447. The van der Waals surface area contributed by atoms with Gasteiger partial charge >= 0.3 is 0 Å². The van der Waals surface area contributed by atoms with Crippen LogP contribution >= 0.6 is 11.6 Å². The molecule has 6 heterocycles. The van der Waals surface area contributed by atoms with Crippen LogP contribution in [0.5, 0.6) is 5.75 Å². The Kier molecular flexibility index (Phi) is 12.2. The summed E-state index contributed by atoms with van der Waals surface area (Å²) >= 11 is 6.52. The predicted octanol–water partition coefficient (Wildman–Crippen LogP) is 6.61. The molecule has 4 saturated heterocycles. The normalized spacial score (nSPS) is 21.3. The molecule has 0 spiro atoms. The minimum atomic E-state index is -3.60. The number of benzene rings is 3.